The molecule has 3 rings (SSSR count). The molecule has 0 aliphatic heterocycles. The van der Waals surface area contributed by atoms with Crippen LogP contribution in [0.15, 0.2) is 52.9 Å². The lowest BCUT2D eigenvalue weighted by atomic mass is 10.2. The molecule has 0 saturated carbocycles. The van der Waals surface area contributed by atoms with Gasteiger partial charge in [0.05, 0.1) is 4.92 Å². The molecule has 0 bridgehead atoms. The van der Waals surface area contributed by atoms with E-state index >= 15 is 0 Å². The standard InChI is InChI=1S/C16H10ClN3O3/c17-13-6-4-12(5-7-13)16-19-18-15(23-16)10-3-11-1-8-14(9-2-11)20(21)22/h1-10H/b10-3+. The second-order valence-corrected chi connectivity index (χ2v) is 5.07. The topological polar surface area (TPSA) is 82.1 Å². The summed E-state index contributed by atoms with van der Waals surface area (Å²) in [6.45, 7) is 0. The third-order valence-corrected chi connectivity index (χ3v) is 3.31. The quantitative estimate of drug-likeness (QED) is 0.521. The molecule has 0 aliphatic carbocycles. The Morgan fingerprint density at radius 3 is 2.35 bits per heavy atom. The molecular formula is C16H10ClN3O3. The van der Waals surface area contributed by atoms with Crippen molar-refractivity contribution in [1.82, 2.24) is 10.2 Å². The Kier molecular flexibility index (Phi) is 4.16. The summed E-state index contributed by atoms with van der Waals surface area (Å²) in [4.78, 5) is 10.2. The number of nitro groups is 1. The summed E-state index contributed by atoms with van der Waals surface area (Å²) in [7, 11) is 0. The lowest BCUT2D eigenvalue weighted by molar-refractivity contribution is -0.384. The Morgan fingerprint density at radius 2 is 1.70 bits per heavy atom. The van der Waals surface area contributed by atoms with Gasteiger partial charge in [0.15, 0.2) is 0 Å². The number of aromatic nitrogens is 2. The fourth-order valence-corrected chi connectivity index (χ4v) is 2.01. The lowest BCUT2D eigenvalue weighted by Crippen LogP contribution is -1.86. The van der Waals surface area contributed by atoms with E-state index in [1.165, 1.54) is 12.1 Å². The summed E-state index contributed by atoms with van der Waals surface area (Å²) in [5.74, 6) is 0.735. The van der Waals surface area contributed by atoms with Crippen molar-refractivity contribution in [1.29, 1.82) is 0 Å². The average Bonchev–Trinajstić information content (AvgIpc) is 3.03. The number of non-ortho nitro benzene ring substituents is 1. The van der Waals surface area contributed by atoms with E-state index in [4.69, 9.17) is 16.0 Å². The van der Waals surface area contributed by atoms with Gasteiger partial charge >= 0.3 is 0 Å². The maximum atomic E-state index is 10.6. The predicted molar refractivity (Wildman–Crippen MR) is 86.8 cm³/mol. The minimum absolute atomic E-state index is 0.0463. The van der Waals surface area contributed by atoms with Gasteiger partial charge in [0, 0.05) is 28.8 Å². The zero-order valence-corrected chi connectivity index (χ0v) is 12.5. The van der Waals surface area contributed by atoms with E-state index in [0.29, 0.717) is 16.8 Å². The van der Waals surface area contributed by atoms with Crippen molar-refractivity contribution in [3.63, 3.8) is 0 Å². The van der Waals surface area contributed by atoms with E-state index in [9.17, 15) is 10.1 Å². The molecular weight excluding hydrogens is 318 g/mol. The number of hydrogen-bond acceptors (Lipinski definition) is 5. The van der Waals surface area contributed by atoms with Gasteiger partial charge in [0.25, 0.3) is 5.69 Å². The molecule has 6 nitrogen and oxygen atoms in total. The molecule has 0 N–H and O–H groups in total. The third-order valence-electron chi connectivity index (χ3n) is 3.05. The highest BCUT2D eigenvalue weighted by atomic mass is 35.5. The first kappa shape index (κ1) is 14.9. The minimum atomic E-state index is -0.441. The Labute approximate surface area is 136 Å². The molecule has 23 heavy (non-hydrogen) atoms. The van der Waals surface area contributed by atoms with Gasteiger partial charge in [-0.3, -0.25) is 10.1 Å². The molecule has 3 aromatic rings. The van der Waals surface area contributed by atoms with Gasteiger partial charge in [0.1, 0.15) is 0 Å². The molecule has 0 radical (unpaired) electrons. The van der Waals surface area contributed by atoms with Crippen LogP contribution in [0, 0.1) is 10.1 Å². The van der Waals surface area contributed by atoms with Gasteiger partial charge in [-0.25, -0.2) is 0 Å². The second-order valence-electron chi connectivity index (χ2n) is 4.63. The summed E-state index contributed by atoms with van der Waals surface area (Å²) in [6.07, 6.45) is 3.39. The Balaban J connectivity index is 1.75. The van der Waals surface area contributed by atoms with Gasteiger partial charge in [-0.1, -0.05) is 11.6 Å². The SMILES string of the molecule is O=[N+]([O-])c1ccc(/C=C/c2nnc(-c3ccc(Cl)cc3)o2)cc1. The molecule has 2 aromatic carbocycles. The summed E-state index contributed by atoms with van der Waals surface area (Å²) in [5.41, 5.74) is 1.61. The fraction of sp³-hybridized carbons (Fsp3) is 0. The number of nitro benzene ring substituents is 1. The first-order valence-corrected chi connectivity index (χ1v) is 7.01. The van der Waals surface area contributed by atoms with Crippen molar-refractivity contribution in [2.24, 2.45) is 0 Å². The van der Waals surface area contributed by atoms with Gasteiger partial charge in [-0.15, -0.1) is 10.2 Å². The van der Waals surface area contributed by atoms with E-state index in [2.05, 4.69) is 10.2 Å². The largest absolute Gasteiger partial charge is 0.417 e. The van der Waals surface area contributed by atoms with Crippen LogP contribution in [-0.4, -0.2) is 15.1 Å². The first-order chi connectivity index (χ1) is 11.1. The summed E-state index contributed by atoms with van der Waals surface area (Å²) in [6, 6.07) is 13.2. The summed E-state index contributed by atoms with van der Waals surface area (Å²) >= 11 is 5.83. The zero-order valence-electron chi connectivity index (χ0n) is 11.7. The monoisotopic (exact) mass is 327 g/mol. The predicted octanol–water partition coefficient (Wildman–Crippen LogP) is 4.47. The third kappa shape index (κ3) is 3.61. The first-order valence-electron chi connectivity index (χ1n) is 6.64. The van der Waals surface area contributed by atoms with Crippen molar-refractivity contribution >= 4 is 29.4 Å². The van der Waals surface area contributed by atoms with Crippen LogP contribution in [0.2, 0.25) is 5.02 Å². The lowest BCUT2D eigenvalue weighted by Gasteiger charge is -1.94. The Hall–Kier alpha value is -2.99. The molecule has 0 fully saturated rings. The van der Waals surface area contributed by atoms with Crippen LogP contribution in [0.5, 0.6) is 0 Å². The number of rotatable bonds is 4. The fourth-order valence-electron chi connectivity index (χ4n) is 1.89. The molecule has 7 heteroatoms. The van der Waals surface area contributed by atoms with Gasteiger partial charge in [-0.2, -0.15) is 0 Å². The molecule has 0 spiro atoms. The minimum Gasteiger partial charge on any atom is -0.417 e. The number of hydrogen-bond donors (Lipinski definition) is 0. The highest BCUT2D eigenvalue weighted by molar-refractivity contribution is 6.30. The Bertz CT molecular complexity index is 855. The highest BCUT2D eigenvalue weighted by Gasteiger charge is 2.06. The van der Waals surface area contributed by atoms with Crippen LogP contribution in [-0.2, 0) is 0 Å². The van der Waals surface area contributed by atoms with Crippen LogP contribution in [0.3, 0.4) is 0 Å². The normalized spacial score (nSPS) is 11.0. The molecule has 0 saturated heterocycles. The van der Waals surface area contributed by atoms with E-state index in [1.807, 2.05) is 0 Å². The molecule has 1 aromatic heterocycles. The van der Waals surface area contributed by atoms with Gasteiger partial charge in [-0.05, 0) is 48.0 Å². The smallest absolute Gasteiger partial charge is 0.269 e. The maximum Gasteiger partial charge on any atom is 0.269 e. The van der Waals surface area contributed by atoms with Crippen LogP contribution >= 0.6 is 11.6 Å². The summed E-state index contributed by atoms with van der Waals surface area (Å²) < 4.78 is 5.53. The van der Waals surface area contributed by atoms with E-state index in [1.54, 1.807) is 48.6 Å². The van der Waals surface area contributed by atoms with Crippen LogP contribution in [0.4, 0.5) is 5.69 Å². The maximum absolute atomic E-state index is 10.6. The number of benzene rings is 2. The number of halogens is 1. The van der Waals surface area contributed by atoms with E-state index < -0.39 is 4.92 Å². The van der Waals surface area contributed by atoms with Crippen LogP contribution in [0.25, 0.3) is 23.6 Å². The molecule has 0 unspecified atom stereocenters. The Morgan fingerprint density at radius 1 is 1.00 bits per heavy atom. The van der Waals surface area contributed by atoms with Crippen molar-refractivity contribution in [3.05, 3.63) is 75.1 Å². The zero-order chi connectivity index (χ0) is 16.2. The molecule has 0 aliphatic rings. The molecule has 0 amide bonds. The van der Waals surface area contributed by atoms with Crippen molar-refractivity contribution in [2.45, 2.75) is 0 Å². The molecule has 1 heterocycles. The van der Waals surface area contributed by atoms with Crippen LogP contribution < -0.4 is 0 Å². The van der Waals surface area contributed by atoms with E-state index in [-0.39, 0.29) is 5.69 Å². The average molecular weight is 328 g/mol. The van der Waals surface area contributed by atoms with Crippen molar-refractivity contribution in [2.75, 3.05) is 0 Å². The van der Waals surface area contributed by atoms with Crippen LogP contribution in [0.1, 0.15) is 11.5 Å². The van der Waals surface area contributed by atoms with Gasteiger partial charge < -0.3 is 4.42 Å². The second kappa shape index (κ2) is 6.41. The van der Waals surface area contributed by atoms with Gasteiger partial charge in [0.2, 0.25) is 11.8 Å². The van der Waals surface area contributed by atoms with Crippen molar-refractivity contribution < 1.29 is 9.34 Å². The molecule has 0 atom stereocenters. The highest BCUT2D eigenvalue weighted by Crippen LogP contribution is 2.21. The summed E-state index contributed by atoms with van der Waals surface area (Å²) in [5, 5.41) is 19.1. The van der Waals surface area contributed by atoms with E-state index in [0.717, 1.165) is 11.1 Å². The number of nitrogens with zero attached hydrogens (tertiary/aromatic N) is 3. The van der Waals surface area contributed by atoms with Crippen molar-refractivity contribution in [3.8, 4) is 11.5 Å². The molecule has 114 valence electrons.